The van der Waals surface area contributed by atoms with Gasteiger partial charge in [0.1, 0.15) is 0 Å². The third-order valence-corrected chi connectivity index (χ3v) is 11.5. The van der Waals surface area contributed by atoms with Gasteiger partial charge in [-0.05, 0) is 77.0 Å². The topological polar surface area (TPSA) is 95.9 Å². The molecule has 0 bridgehead atoms. The maximum absolute atomic E-state index is 12.4. The van der Waals surface area contributed by atoms with Crippen molar-refractivity contribution < 1.29 is 24.5 Å². The molecule has 2 unspecified atom stereocenters. The SMILES string of the molecule is CCCCCCC/C=C\CCCCCCCC(=O)OCCCCCC/C=C\CCCCCCCCCC(=O)NC(CO)C(O)CCCCCCCCCCCCC. The van der Waals surface area contributed by atoms with E-state index in [0.29, 0.717) is 25.9 Å². The summed E-state index contributed by atoms with van der Waals surface area (Å²) in [5.41, 5.74) is 0. The summed E-state index contributed by atoms with van der Waals surface area (Å²) in [5, 5.41) is 23.1. The van der Waals surface area contributed by atoms with Gasteiger partial charge in [-0.15, -0.1) is 0 Å². The van der Waals surface area contributed by atoms with Gasteiger partial charge in [0, 0.05) is 12.8 Å². The minimum absolute atomic E-state index is 0.0191. The molecular weight excluding hydrogens is 707 g/mol. The van der Waals surface area contributed by atoms with E-state index in [-0.39, 0.29) is 18.5 Å². The summed E-state index contributed by atoms with van der Waals surface area (Å²) < 4.78 is 5.44. The van der Waals surface area contributed by atoms with Gasteiger partial charge in [-0.25, -0.2) is 0 Å². The van der Waals surface area contributed by atoms with E-state index in [1.165, 1.54) is 161 Å². The number of amides is 1. The molecule has 0 aromatic rings. The Labute approximate surface area is 354 Å². The van der Waals surface area contributed by atoms with Crippen molar-refractivity contribution in [2.24, 2.45) is 0 Å². The largest absolute Gasteiger partial charge is 0.466 e. The van der Waals surface area contributed by atoms with Gasteiger partial charge < -0.3 is 20.3 Å². The molecule has 0 radical (unpaired) electrons. The molecule has 0 heterocycles. The molecule has 3 N–H and O–H groups in total. The molecule has 0 saturated heterocycles. The van der Waals surface area contributed by atoms with Crippen LogP contribution in [0.3, 0.4) is 0 Å². The summed E-state index contributed by atoms with van der Waals surface area (Å²) in [6, 6.07) is -0.551. The first kappa shape index (κ1) is 55.3. The third kappa shape index (κ3) is 43.7. The predicted octanol–water partition coefficient (Wildman–Crippen LogP) is 14.7. The second-order valence-electron chi connectivity index (χ2n) is 17.1. The predicted molar refractivity (Wildman–Crippen MR) is 246 cm³/mol. The molecule has 0 fully saturated rings. The highest BCUT2D eigenvalue weighted by molar-refractivity contribution is 5.76. The van der Waals surface area contributed by atoms with Crippen LogP contribution >= 0.6 is 0 Å². The highest BCUT2D eigenvalue weighted by Crippen LogP contribution is 2.15. The van der Waals surface area contributed by atoms with Crippen LogP contribution in [0, 0.1) is 0 Å². The molecule has 0 aliphatic rings. The summed E-state index contributed by atoms with van der Waals surface area (Å²) in [6.45, 7) is 4.89. The second kappa shape index (κ2) is 47.0. The van der Waals surface area contributed by atoms with Gasteiger partial charge in [0.25, 0.3) is 0 Å². The van der Waals surface area contributed by atoms with E-state index in [2.05, 4.69) is 43.5 Å². The number of rotatable bonds is 46. The van der Waals surface area contributed by atoms with E-state index in [9.17, 15) is 19.8 Å². The number of carbonyl (C=O) groups is 2. The van der Waals surface area contributed by atoms with Gasteiger partial charge >= 0.3 is 5.97 Å². The van der Waals surface area contributed by atoms with Crippen LogP contribution in [-0.4, -0.2) is 47.4 Å². The minimum Gasteiger partial charge on any atom is -0.466 e. The van der Waals surface area contributed by atoms with Crippen LogP contribution in [0.1, 0.15) is 264 Å². The summed E-state index contributed by atoms with van der Waals surface area (Å²) in [5.74, 6) is -0.0712. The molecular formula is C51H97NO5. The fraction of sp³-hybridized carbons (Fsp3) is 0.882. The zero-order valence-corrected chi connectivity index (χ0v) is 38.1. The van der Waals surface area contributed by atoms with Crippen molar-refractivity contribution in [3.05, 3.63) is 24.3 Å². The first-order valence-corrected chi connectivity index (χ1v) is 25.1. The van der Waals surface area contributed by atoms with Crippen LogP contribution in [0.15, 0.2) is 24.3 Å². The van der Waals surface area contributed by atoms with Gasteiger partial charge in [0.15, 0.2) is 0 Å². The molecule has 2 atom stereocenters. The highest BCUT2D eigenvalue weighted by Gasteiger charge is 2.20. The first-order valence-electron chi connectivity index (χ1n) is 25.1. The average Bonchev–Trinajstić information content (AvgIpc) is 3.21. The molecule has 0 spiro atoms. The second-order valence-corrected chi connectivity index (χ2v) is 17.1. The van der Waals surface area contributed by atoms with E-state index in [4.69, 9.17) is 4.74 Å². The smallest absolute Gasteiger partial charge is 0.305 e. The number of carbonyl (C=O) groups excluding carboxylic acids is 2. The van der Waals surface area contributed by atoms with E-state index in [1.54, 1.807) is 0 Å². The molecule has 0 aromatic heterocycles. The van der Waals surface area contributed by atoms with Crippen molar-refractivity contribution in [3.63, 3.8) is 0 Å². The van der Waals surface area contributed by atoms with E-state index < -0.39 is 12.1 Å². The number of esters is 1. The van der Waals surface area contributed by atoms with Gasteiger partial charge in [-0.1, -0.05) is 199 Å². The molecule has 6 nitrogen and oxygen atoms in total. The minimum atomic E-state index is -0.672. The quantitative estimate of drug-likeness (QED) is 0.0324. The fourth-order valence-electron chi connectivity index (χ4n) is 7.57. The lowest BCUT2D eigenvalue weighted by molar-refractivity contribution is -0.143. The maximum atomic E-state index is 12.4. The summed E-state index contributed by atoms with van der Waals surface area (Å²) >= 11 is 0. The Morgan fingerprint density at radius 3 is 1.25 bits per heavy atom. The molecule has 336 valence electrons. The summed E-state index contributed by atoms with van der Waals surface area (Å²) in [6.07, 6.45) is 54.3. The van der Waals surface area contributed by atoms with E-state index >= 15 is 0 Å². The Bertz CT molecular complexity index is 889. The lowest BCUT2D eigenvalue weighted by atomic mass is 10.0. The van der Waals surface area contributed by atoms with Crippen LogP contribution in [0.5, 0.6) is 0 Å². The van der Waals surface area contributed by atoms with E-state index in [1.807, 2.05) is 0 Å². The number of aliphatic hydroxyl groups is 2. The number of nitrogens with one attached hydrogen (secondary N) is 1. The normalized spacial score (nSPS) is 12.8. The average molecular weight is 804 g/mol. The van der Waals surface area contributed by atoms with Crippen molar-refractivity contribution >= 4 is 11.9 Å². The number of ether oxygens (including phenoxy) is 1. The molecule has 6 heteroatoms. The van der Waals surface area contributed by atoms with Crippen LogP contribution in [0.2, 0.25) is 0 Å². The van der Waals surface area contributed by atoms with Crippen LogP contribution in [0.4, 0.5) is 0 Å². The standard InChI is InChI=1S/C51H97NO5/c1-3-5-7-9-11-13-15-16-21-25-29-33-37-41-45-51(56)57-46-42-38-34-30-26-22-19-17-18-20-24-28-32-36-40-44-50(55)52-48(47-53)49(54)43-39-35-31-27-23-14-12-10-8-6-4-2/h15-16,19,22,48-49,53-54H,3-14,17-18,20-21,23-47H2,1-2H3,(H,52,55)/b16-15-,22-19-. The molecule has 0 aliphatic heterocycles. The Morgan fingerprint density at radius 1 is 0.474 bits per heavy atom. The monoisotopic (exact) mass is 804 g/mol. The lowest BCUT2D eigenvalue weighted by Crippen LogP contribution is -2.45. The molecule has 0 saturated carbocycles. The van der Waals surface area contributed by atoms with Gasteiger partial charge in [0.05, 0.1) is 25.4 Å². The van der Waals surface area contributed by atoms with Crippen molar-refractivity contribution in [2.75, 3.05) is 13.2 Å². The number of aliphatic hydroxyl groups excluding tert-OH is 2. The third-order valence-electron chi connectivity index (χ3n) is 11.5. The van der Waals surface area contributed by atoms with Gasteiger partial charge in [0.2, 0.25) is 5.91 Å². The molecule has 0 aromatic carbocycles. The zero-order valence-electron chi connectivity index (χ0n) is 38.1. The number of unbranched alkanes of at least 4 members (excludes halogenated alkanes) is 31. The molecule has 1 amide bonds. The highest BCUT2D eigenvalue weighted by atomic mass is 16.5. The lowest BCUT2D eigenvalue weighted by Gasteiger charge is -2.22. The Balaban J connectivity index is 3.47. The Morgan fingerprint density at radius 2 is 0.825 bits per heavy atom. The van der Waals surface area contributed by atoms with Crippen molar-refractivity contribution in [3.8, 4) is 0 Å². The fourth-order valence-corrected chi connectivity index (χ4v) is 7.57. The van der Waals surface area contributed by atoms with Crippen molar-refractivity contribution in [1.82, 2.24) is 5.32 Å². The summed E-state index contributed by atoms with van der Waals surface area (Å²) in [7, 11) is 0. The summed E-state index contributed by atoms with van der Waals surface area (Å²) in [4.78, 5) is 24.4. The molecule has 57 heavy (non-hydrogen) atoms. The van der Waals surface area contributed by atoms with E-state index in [0.717, 1.165) is 70.6 Å². The first-order chi connectivity index (χ1) is 28.0. The van der Waals surface area contributed by atoms with Gasteiger partial charge in [-0.3, -0.25) is 9.59 Å². The zero-order chi connectivity index (χ0) is 41.5. The number of hydrogen-bond donors (Lipinski definition) is 3. The Hall–Kier alpha value is -1.66. The maximum Gasteiger partial charge on any atom is 0.305 e. The van der Waals surface area contributed by atoms with Crippen molar-refractivity contribution in [2.45, 2.75) is 276 Å². The van der Waals surface area contributed by atoms with Crippen LogP contribution < -0.4 is 5.32 Å². The van der Waals surface area contributed by atoms with Crippen LogP contribution in [0.25, 0.3) is 0 Å². The number of hydrogen-bond acceptors (Lipinski definition) is 5. The van der Waals surface area contributed by atoms with Crippen LogP contribution in [-0.2, 0) is 14.3 Å². The van der Waals surface area contributed by atoms with Gasteiger partial charge in [-0.2, -0.15) is 0 Å². The van der Waals surface area contributed by atoms with Crippen molar-refractivity contribution in [1.29, 1.82) is 0 Å². The molecule has 0 rings (SSSR count). The number of allylic oxidation sites excluding steroid dienone is 4. The Kier molecular flexibility index (Phi) is 45.7. The molecule has 0 aliphatic carbocycles.